The van der Waals surface area contributed by atoms with Gasteiger partial charge in [-0.15, -0.1) is 0 Å². The quantitative estimate of drug-likeness (QED) is 0.575. The number of hydrogen-bond donors (Lipinski definition) is 1. The number of thiocarbonyl (C=S) groups is 1. The van der Waals surface area contributed by atoms with Crippen LogP contribution in [0.1, 0.15) is 38.2 Å². The van der Waals surface area contributed by atoms with Crippen LogP contribution in [0.2, 0.25) is 0 Å². The third kappa shape index (κ3) is 4.66. The number of nitrogens with zero attached hydrogens (tertiary/aromatic N) is 2. The lowest BCUT2D eigenvalue weighted by Gasteiger charge is -2.16. The molecule has 0 bridgehead atoms. The number of para-hydroxylation sites is 1. The Hall–Kier alpha value is -2.41. The van der Waals surface area contributed by atoms with E-state index in [0.717, 1.165) is 44.3 Å². The van der Waals surface area contributed by atoms with Crippen molar-refractivity contribution in [1.29, 1.82) is 0 Å². The predicted octanol–water partition coefficient (Wildman–Crippen LogP) is 2.55. The summed E-state index contributed by atoms with van der Waals surface area (Å²) in [7, 11) is 0. The third-order valence-corrected chi connectivity index (χ3v) is 5.05. The summed E-state index contributed by atoms with van der Waals surface area (Å²) in [5.74, 6) is 0.443. The van der Waals surface area contributed by atoms with E-state index in [-0.39, 0.29) is 18.4 Å². The molecule has 1 aromatic carbocycles. The highest BCUT2D eigenvalue weighted by molar-refractivity contribution is 7.80. The van der Waals surface area contributed by atoms with E-state index in [4.69, 9.17) is 17.0 Å². The van der Waals surface area contributed by atoms with Crippen molar-refractivity contribution >= 4 is 35.2 Å². The maximum Gasteiger partial charge on any atom is 0.276 e. The van der Waals surface area contributed by atoms with Gasteiger partial charge in [0.1, 0.15) is 11.4 Å². The molecule has 2 fully saturated rings. The van der Waals surface area contributed by atoms with Crippen LogP contribution in [-0.4, -0.2) is 53.0 Å². The standard InChI is InChI=1S/C20H25N3O3S/c1-2-3-12-23-19(25)16(21-20(23)27)13-15-8-4-5-9-17(15)26-14-18(24)22-10-6-7-11-22/h4-5,8-9,13H,2-3,6-7,10-12,14H2,1H3,(H,21,27)/b16-13+. The van der Waals surface area contributed by atoms with Crippen LogP contribution < -0.4 is 10.1 Å². The molecule has 6 nitrogen and oxygen atoms in total. The van der Waals surface area contributed by atoms with E-state index in [1.807, 2.05) is 23.1 Å². The maximum atomic E-state index is 12.6. The summed E-state index contributed by atoms with van der Waals surface area (Å²) in [5.41, 5.74) is 1.17. The summed E-state index contributed by atoms with van der Waals surface area (Å²) < 4.78 is 5.75. The Kier molecular flexibility index (Phi) is 6.45. The molecule has 0 saturated carbocycles. The maximum absolute atomic E-state index is 12.6. The topological polar surface area (TPSA) is 61.9 Å². The van der Waals surface area contributed by atoms with Crippen molar-refractivity contribution < 1.29 is 14.3 Å². The first-order valence-electron chi connectivity index (χ1n) is 9.44. The molecular weight excluding hydrogens is 362 g/mol. The van der Waals surface area contributed by atoms with E-state index in [0.29, 0.717) is 23.1 Å². The number of amides is 2. The van der Waals surface area contributed by atoms with Crippen molar-refractivity contribution in [3.63, 3.8) is 0 Å². The largest absolute Gasteiger partial charge is 0.483 e. The van der Waals surface area contributed by atoms with Crippen LogP contribution in [0.4, 0.5) is 0 Å². The van der Waals surface area contributed by atoms with Crippen molar-refractivity contribution in [3.8, 4) is 5.75 Å². The van der Waals surface area contributed by atoms with Gasteiger partial charge >= 0.3 is 0 Å². The van der Waals surface area contributed by atoms with Gasteiger partial charge in [0.05, 0.1) is 0 Å². The Labute approximate surface area is 165 Å². The van der Waals surface area contributed by atoms with E-state index in [9.17, 15) is 9.59 Å². The Balaban J connectivity index is 1.70. The van der Waals surface area contributed by atoms with E-state index in [2.05, 4.69) is 12.2 Å². The molecule has 2 amide bonds. The average Bonchev–Trinajstić information content (AvgIpc) is 3.29. The van der Waals surface area contributed by atoms with Gasteiger partial charge in [0.2, 0.25) is 0 Å². The first-order valence-corrected chi connectivity index (χ1v) is 9.85. The van der Waals surface area contributed by atoms with Crippen LogP contribution in [0.15, 0.2) is 30.0 Å². The minimum absolute atomic E-state index is 0.00258. The molecule has 2 heterocycles. The number of unbranched alkanes of at least 4 members (excludes halogenated alkanes) is 1. The molecule has 0 aliphatic carbocycles. The van der Waals surface area contributed by atoms with Crippen molar-refractivity contribution in [2.45, 2.75) is 32.6 Å². The van der Waals surface area contributed by atoms with Crippen LogP contribution in [-0.2, 0) is 9.59 Å². The molecule has 2 aliphatic heterocycles. The molecule has 0 radical (unpaired) electrons. The normalized spacial score (nSPS) is 18.3. The molecule has 2 aliphatic rings. The molecule has 1 aromatic rings. The Morgan fingerprint density at radius 2 is 2.04 bits per heavy atom. The fraction of sp³-hybridized carbons (Fsp3) is 0.450. The second-order valence-corrected chi connectivity index (χ2v) is 7.10. The smallest absolute Gasteiger partial charge is 0.276 e. The minimum atomic E-state index is -0.128. The summed E-state index contributed by atoms with van der Waals surface area (Å²) in [6.07, 6.45) is 5.73. The zero-order valence-corrected chi connectivity index (χ0v) is 16.4. The van der Waals surface area contributed by atoms with Gasteiger partial charge in [-0.05, 0) is 43.6 Å². The fourth-order valence-electron chi connectivity index (χ4n) is 3.17. The number of carbonyl (C=O) groups is 2. The van der Waals surface area contributed by atoms with Gasteiger partial charge in [0.25, 0.3) is 11.8 Å². The number of benzene rings is 1. The van der Waals surface area contributed by atoms with Gasteiger partial charge < -0.3 is 15.0 Å². The van der Waals surface area contributed by atoms with Crippen LogP contribution in [0, 0.1) is 0 Å². The minimum Gasteiger partial charge on any atom is -0.483 e. The van der Waals surface area contributed by atoms with Gasteiger partial charge in [-0.3, -0.25) is 14.5 Å². The summed E-state index contributed by atoms with van der Waals surface area (Å²) in [6.45, 7) is 4.29. The molecule has 2 saturated heterocycles. The summed E-state index contributed by atoms with van der Waals surface area (Å²) in [6, 6.07) is 7.37. The highest BCUT2D eigenvalue weighted by Gasteiger charge is 2.30. The molecular formula is C20H25N3O3S. The SMILES string of the molecule is CCCCN1C(=O)/C(=C\c2ccccc2OCC(=O)N2CCCC2)NC1=S. The predicted molar refractivity (Wildman–Crippen MR) is 108 cm³/mol. The van der Waals surface area contributed by atoms with Crippen LogP contribution in [0.3, 0.4) is 0 Å². The van der Waals surface area contributed by atoms with E-state index in [1.165, 1.54) is 0 Å². The van der Waals surface area contributed by atoms with Gasteiger partial charge in [-0.25, -0.2) is 0 Å². The van der Waals surface area contributed by atoms with Gasteiger partial charge in [-0.1, -0.05) is 31.5 Å². The Bertz CT molecular complexity index is 757. The number of carbonyl (C=O) groups excluding carboxylic acids is 2. The van der Waals surface area contributed by atoms with Gasteiger partial charge in [0, 0.05) is 25.2 Å². The molecule has 7 heteroatoms. The monoisotopic (exact) mass is 387 g/mol. The molecule has 3 rings (SSSR count). The average molecular weight is 388 g/mol. The van der Waals surface area contributed by atoms with Crippen molar-refractivity contribution in [1.82, 2.24) is 15.1 Å². The van der Waals surface area contributed by atoms with Gasteiger partial charge in [0.15, 0.2) is 11.7 Å². The lowest BCUT2D eigenvalue weighted by atomic mass is 10.1. The number of hydrogen-bond acceptors (Lipinski definition) is 4. The van der Waals surface area contributed by atoms with Crippen LogP contribution in [0.25, 0.3) is 6.08 Å². The Morgan fingerprint density at radius 1 is 1.30 bits per heavy atom. The number of ether oxygens (including phenoxy) is 1. The van der Waals surface area contributed by atoms with Crippen LogP contribution >= 0.6 is 12.2 Å². The van der Waals surface area contributed by atoms with E-state index < -0.39 is 0 Å². The third-order valence-electron chi connectivity index (χ3n) is 4.73. The summed E-state index contributed by atoms with van der Waals surface area (Å²) in [5, 5.41) is 3.42. The zero-order chi connectivity index (χ0) is 19.2. The molecule has 0 atom stereocenters. The zero-order valence-electron chi connectivity index (χ0n) is 15.6. The lowest BCUT2D eigenvalue weighted by Crippen LogP contribution is -2.32. The fourth-order valence-corrected chi connectivity index (χ4v) is 3.46. The first kappa shape index (κ1) is 19.4. The highest BCUT2D eigenvalue weighted by atomic mass is 32.1. The second kappa shape index (κ2) is 8.99. The number of likely N-dealkylation sites (tertiary alicyclic amines) is 1. The molecule has 0 spiro atoms. The molecule has 0 unspecified atom stereocenters. The summed E-state index contributed by atoms with van der Waals surface area (Å²) >= 11 is 5.28. The molecule has 0 aromatic heterocycles. The molecule has 27 heavy (non-hydrogen) atoms. The highest BCUT2D eigenvalue weighted by Crippen LogP contribution is 2.23. The van der Waals surface area contributed by atoms with E-state index >= 15 is 0 Å². The number of rotatable bonds is 7. The number of nitrogens with one attached hydrogen (secondary N) is 1. The van der Waals surface area contributed by atoms with Crippen molar-refractivity contribution in [2.24, 2.45) is 0 Å². The van der Waals surface area contributed by atoms with Crippen molar-refractivity contribution in [3.05, 3.63) is 35.5 Å². The first-order chi connectivity index (χ1) is 13.1. The lowest BCUT2D eigenvalue weighted by molar-refractivity contribution is -0.132. The van der Waals surface area contributed by atoms with E-state index in [1.54, 1.807) is 17.0 Å². The van der Waals surface area contributed by atoms with Crippen LogP contribution in [0.5, 0.6) is 5.75 Å². The van der Waals surface area contributed by atoms with Crippen molar-refractivity contribution in [2.75, 3.05) is 26.2 Å². The molecule has 1 N–H and O–H groups in total. The Morgan fingerprint density at radius 3 is 2.78 bits per heavy atom. The molecule has 144 valence electrons. The van der Waals surface area contributed by atoms with Gasteiger partial charge in [-0.2, -0.15) is 0 Å². The second-order valence-electron chi connectivity index (χ2n) is 6.71. The summed E-state index contributed by atoms with van der Waals surface area (Å²) in [4.78, 5) is 28.2.